The zero-order chi connectivity index (χ0) is 4.24. The molecule has 40 valence electrons. The third-order valence-corrected chi connectivity index (χ3v) is 0.883. The van der Waals surface area contributed by atoms with Gasteiger partial charge < -0.3 is 0 Å². The molecular weight excluding hydrogens is 200 g/mol. The molecule has 0 heterocycles. The molecule has 0 N–H and O–H groups in total. The van der Waals surface area contributed by atoms with Gasteiger partial charge in [0.1, 0.15) is 0 Å². The van der Waals surface area contributed by atoms with E-state index in [-0.39, 0.29) is 23.7 Å². The van der Waals surface area contributed by atoms with E-state index < -0.39 is 0 Å². The molecule has 0 aromatic rings. The summed E-state index contributed by atoms with van der Waals surface area (Å²) in [7, 11) is 0. The van der Waals surface area contributed by atoms with Gasteiger partial charge in [-0.1, -0.05) is 24.3 Å². The summed E-state index contributed by atoms with van der Waals surface area (Å²) in [5, 5.41) is 0. The van der Waals surface area contributed by atoms with Crippen molar-refractivity contribution in [2.24, 2.45) is 0 Å². The van der Waals surface area contributed by atoms with Crippen molar-refractivity contribution in [1.82, 2.24) is 0 Å². The van der Waals surface area contributed by atoms with Crippen molar-refractivity contribution in [3.8, 4) is 0 Å². The zero-order valence-corrected chi connectivity index (χ0v) is 7.08. The van der Waals surface area contributed by atoms with Crippen molar-refractivity contribution in [3.63, 3.8) is 0 Å². The van der Waals surface area contributed by atoms with Crippen LogP contribution >= 0.6 is 0 Å². The quantitative estimate of drug-likeness (QED) is 0.522. The Kier molecular flexibility index (Phi) is 4.60. The average molecular weight is 210 g/mol. The minimum absolute atomic E-state index is 0. The van der Waals surface area contributed by atoms with Crippen molar-refractivity contribution in [3.05, 3.63) is 24.3 Å². The molecule has 0 aromatic heterocycles. The van der Waals surface area contributed by atoms with Crippen LogP contribution in [-0.2, 0) is 0 Å². The van der Waals surface area contributed by atoms with E-state index in [1.165, 1.54) is 12.8 Å². The Morgan fingerprint density at radius 2 is 1.29 bits per heavy atom. The number of hydrogen-bond donors (Lipinski definition) is 0. The first kappa shape index (κ1) is 7.27. The van der Waals surface area contributed by atoms with Crippen LogP contribution in [0.15, 0.2) is 24.3 Å². The second-order valence-corrected chi connectivity index (χ2v) is 1.43. The van der Waals surface area contributed by atoms with Crippen LogP contribution in [0.25, 0.3) is 0 Å². The molecule has 0 atom stereocenters. The van der Waals surface area contributed by atoms with E-state index in [9.17, 15) is 0 Å². The summed E-state index contributed by atoms with van der Waals surface area (Å²) in [6.45, 7) is 0. The Bertz CT molecular complexity index is 70.2. The standard InChI is InChI=1S/C6H8.H2Te/c1-2-4-6-5-3-1;/h1-4H,5-6H2;1H2. The molecule has 7 heavy (non-hydrogen) atoms. The topological polar surface area (TPSA) is 0 Å². The van der Waals surface area contributed by atoms with Gasteiger partial charge >= 0.3 is 23.7 Å². The van der Waals surface area contributed by atoms with Crippen molar-refractivity contribution >= 4 is 23.7 Å². The van der Waals surface area contributed by atoms with E-state index >= 15 is 0 Å². The first-order valence-electron chi connectivity index (χ1n) is 2.32. The summed E-state index contributed by atoms with van der Waals surface area (Å²) in [5.41, 5.74) is 0. The first-order valence-corrected chi connectivity index (χ1v) is 2.32. The van der Waals surface area contributed by atoms with Crippen LogP contribution in [0.3, 0.4) is 0 Å². The molecule has 0 spiro atoms. The maximum absolute atomic E-state index is 2.18. The summed E-state index contributed by atoms with van der Waals surface area (Å²) in [5.74, 6) is 0. The molecule has 0 radical (unpaired) electrons. The predicted octanol–water partition coefficient (Wildman–Crippen LogP) is 0.976. The van der Waals surface area contributed by atoms with Crippen LogP contribution in [0.5, 0.6) is 0 Å². The summed E-state index contributed by atoms with van der Waals surface area (Å²) in [6, 6.07) is 0. The second-order valence-electron chi connectivity index (χ2n) is 1.43. The van der Waals surface area contributed by atoms with Gasteiger partial charge in [-0.15, -0.1) is 0 Å². The molecular formula is C6H10Te. The fourth-order valence-corrected chi connectivity index (χ4v) is 0.542. The van der Waals surface area contributed by atoms with Gasteiger partial charge in [-0.25, -0.2) is 0 Å². The predicted molar refractivity (Wildman–Crippen MR) is 36.1 cm³/mol. The number of rotatable bonds is 0. The Hall–Kier alpha value is 0.270. The average Bonchev–Trinajstić information content (AvgIpc) is 1.72. The SMILES string of the molecule is C1=CCCC=C1.[TeH2]. The Balaban J connectivity index is 0.000000360. The van der Waals surface area contributed by atoms with Crippen molar-refractivity contribution in [2.75, 3.05) is 0 Å². The molecule has 0 fully saturated rings. The second kappa shape index (κ2) is 4.43. The Morgan fingerprint density at radius 1 is 0.857 bits per heavy atom. The Morgan fingerprint density at radius 3 is 1.43 bits per heavy atom. The summed E-state index contributed by atoms with van der Waals surface area (Å²) in [4.78, 5) is 0. The number of hydrogen-bond acceptors (Lipinski definition) is 0. The van der Waals surface area contributed by atoms with E-state index in [4.69, 9.17) is 0 Å². The van der Waals surface area contributed by atoms with Gasteiger partial charge in [0.15, 0.2) is 0 Å². The number of allylic oxidation sites excluding steroid dienone is 4. The molecule has 1 aliphatic rings. The van der Waals surface area contributed by atoms with Gasteiger partial charge in [0, 0.05) is 0 Å². The molecule has 0 saturated carbocycles. The summed E-state index contributed by atoms with van der Waals surface area (Å²) in [6.07, 6.45) is 11.0. The molecule has 0 nitrogen and oxygen atoms in total. The van der Waals surface area contributed by atoms with Crippen molar-refractivity contribution in [2.45, 2.75) is 12.8 Å². The molecule has 0 aliphatic heterocycles. The molecule has 1 aliphatic carbocycles. The van der Waals surface area contributed by atoms with Crippen LogP contribution in [0.2, 0.25) is 0 Å². The molecule has 0 unspecified atom stereocenters. The van der Waals surface area contributed by atoms with Gasteiger partial charge in [0.2, 0.25) is 0 Å². The van der Waals surface area contributed by atoms with E-state index in [0.29, 0.717) is 0 Å². The van der Waals surface area contributed by atoms with Crippen LogP contribution in [0.4, 0.5) is 0 Å². The molecule has 0 saturated heterocycles. The van der Waals surface area contributed by atoms with E-state index in [1.54, 1.807) is 0 Å². The minimum atomic E-state index is 0. The van der Waals surface area contributed by atoms with E-state index in [0.717, 1.165) is 0 Å². The van der Waals surface area contributed by atoms with Gasteiger partial charge in [-0.3, -0.25) is 0 Å². The fraction of sp³-hybridized carbons (Fsp3) is 0.333. The molecule has 1 heteroatoms. The van der Waals surface area contributed by atoms with Crippen LogP contribution in [0, 0.1) is 0 Å². The summed E-state index contributed by atoms with van der Waals surface area (Å²) >= 11 is 0. The third-order valence-electron chi connectivity index (χ3n) is 0.883. The van der Waals surface area contributed by atoms with Gasteiger partial charge in [0.05, 0.1) is 0 Å². The normalized spacial score (nSPS) is 16.0. The van der Waals surface area contributed by atoms with E-state index in [2.05, 4.69) is 24.3 Å². The van der Waals surface area contributed by atoms with Crippen LogP contribution < -0.4 is 0 Å². The molecule has 0 amide bonds. The first-order chi connectivity index (χ1) is 3.00. The van der Waals surface area contributed by atoms with Gasteiger partial charge in [0.25, 0.3) is 0 Å². The van der Waals surface area contributed by atoms with Crippen molar-refractivity contribution in [1.29, 1.82) is 0 Å². The molecule has 1 rings (SSSR count). The molecule has 0 aromatic carbocycles. The van der Waals surface area contributed by atoms with Crippen molar-refractivity contribution < 1.29 is 0 Å². The summed E-state index contributed by atoms with van der Waals surface area (Å²) < 4.78 is 0. The van der Waals surface area contributed by atoms with Crippen LogP contribution in [-0.4, -0.2) is 23.7 Å². The molecule has 0 bridgehead atoms. The monoisotopic (exact) mass is 212 g/mol. The third kappa shape index (κ3) is 2.91. The Labute approximate surface area is 61.0 Å². The fourth-order valence-electron chi connectivity index (χ4n) is 0.542. The van der Waals surface area contributed by atoms with Gasteiger partial charge in [-0.05, 0) is 12.8 Å². The zero-order valence-electron chi connectivity index (χ0n) is 4.22. The van der Waals surface area contributed by atoms with E-state index in [1.807, 2.05) is 0 Å². The maximum atomic E-state index is 2.18. The van der Waals surface area contributed by atoms with Gasteiger partial charge in [-0.2, -0.15) is 0 Å². The van der Waals surface area contributed by atoms with Crippen LogP contribution in [0.1, 0.15) is 12.8 Å².